The van der Waals surface area contributed by atoms with E-state index >= 15 is 0 Å². The second-order valence-electron chi connectivity index (χ2n) is 4.78. The molecule has 2 aromatic rings. The Morgan fingerprint density at radius 2 is 2.05 bits per heavy atom. The van der Waals surface area contributed by atoms with Crippen LogP contribution in [0.25, 0.3) is 0 Å². The van der Waals surface area contributed by atoms with Gasteiger partial charge in [-0.2, -0.15) is 0 Å². The third-order valence-corrected chi connectivity index (χ3v) is 3.10. The summed E-state index contributed by atoms with van der Waals surface area (Å²) in [6, 6.07) is 9.78. The highest BCUT2D eigenvalue weighted by Crippen LogP contribution is 2.10. The highest BCUT2D eigenvalue weighted by Gasteiger charge is 2.13. The van der Waals surface area contributed by atoms with E-state index in [1.807, 2.05) is 44.2 Å². The Morgan fingerprint density at radius 1 is 1.32 bits per heavy atom. The molecule has 1 aromatic heterocycles. The van der Waals surface area contributed by atoms with Crippen molar-refractivity contribution in [1.29, 1.82) is 0 Å². The molecule has 0 atom stereocenters. The molecule has 2 rings (SSSR count). The molecule has 100 valence electrons. The van der Waals surface area contributed by atoms with Crippen LogP contribution in [0.2, 0.25) is 0 Å². The normalized spacial score (nSPS) is 10.5. The van der Waals surface area contributed by atoms with Crippen molar-refractivity contribution in [1.82, 2.24) is 10.1 Å². The van der Waals surface area contributed by atoms with Gasteiger partial charge in [0.1, 0.15) is 11.5 Å². The van der Waals surface area contributed by atoms with E-state index in [0.29, 0.717) is 13.0 Å². The molecule has 0 aliphatic rings. The number of hydrogen-bond acceptors (Lipinski definition) is 3. The van der Waals surface area contributed by atoms with Crippen LogP contribution in [0.5, 0.6) is 0 Å². The lowest BCUT2D eigenvalue weighted by Gasteiger charge is -2.16. The van der Waals surface area contributed by atoms with Crippen molar-refractivity contribution < 1.29 is 9.32 Å². The highest BCUT2D eigenvalue weighted by molar-refractivity contribution is 5.78. The molecule has 19 heavy (non-hydrogen) atoms. The minimum absolute atomic E-state index is 0.0787. The van der Waals surface area contributed by atoms with Crippen LogP contribution < -0.4 is 0 Å². The molecular formula is C15H18N2O2. The van der Waals surface area contributed by atoms with E-state index in [-0.39, 0.29) is 5.91 Å². The van der Waals surface area contributed by atoms with E-state index in [1.54, 1.807) is 11.9 Å². The number of carbonyl (C=O) groups excluding carboxylic acids is 1. The summed E-state index contributed by atoms with van der Waals surface area (Å²) < 4.78 is 4.99. The van der Waals surface area contributed by atoms with Crippen LogP contribution in [-0.4, -0.2) is 23.0 Å². The number of rotatable bonds is 4. The molecule has 0 saturated carbocycles. The van der Waals surface area contributed by atoms with Gasteiger partial charge in [-0.3, -0.25) is 4.79 Å². The summed E-state index contributed by atoms with van der Waals surface area (Å²) in [6.45, 7) is 4.33. The van der Waals surface area contributed by atoms with E-state index in [0.717, 1.165) is 22.6 Å². The molecule has 1 amide bonds. The summed E-state index contributed by atoms with van der Waals surface area (Å²) in [4.78, 5) is 13.8. The number of carbonyl (C=O) groups is 1. The fourth-order valence-electron chi connectivity index (χ4n) is 1.93. The molecule has 0 aliphatic carbocycles. The number of likely N-dealkylation sites (N-methyl/N-ethyl adjacent to an activating group) is 1. The molecule has 1 heterocycles. The Hall–Kier alpha value is -2.10. The van der Waals surface area contributed by atoms with Gasteiger partial charge in [-0.25, -0.2) is 0 Å². The number of hydrogen-bond donors (Lipinski definition) is 0. The average Bonchev–Trinajstić information content (AvgIpc) is 2.77. The van der Waals surface area contributed by atoms with Gasteiger partial charge < -0.3 is 9.42 Å². The molecule has 0 N–H and O–H groups in total. The Bertz CT molecular complexity index is 575. The SMILES string of the molecule is Cc1cc(CN(C)C(=O)Cc2ccccc2C)no1. The molecule has 4 nitrogen and oxygen atoms in total. The van der Waals surface area contributed by atoms with Crippen LogP contribution in [0.1, 0.15) is 22.6 Å². The van der Waals surface area contributed by atoms with Crippen molar-refractivity contribution in [3.8, 4) is 0 Å². The topological polar surface area (TPSA) is 46.3 Å². The van der Waals surface area contributed by atoms with Gasteiger partial charge in [0.25, 0.3) is 0 Å². The third-order valence-electron chi connectivity index (χ3n) is 3.10. The van der Waals surface area contributed by atoms with Crippen LogP contribution in [0, 0.1) is 13.8 Å². The van der Waals surface area contributed by atoms with E-state index in [9.17, 15) is 4.79 Å². The third kappa shape index (κ3) is 3.44. The van der Waals surface area contributed by atoms with Crippen molar-refractivity contribution in [3.05, 3.63) is 52.9 Å². The van der Waals surface area contributed by atoms with Crippen LogP contribution >= 0.6 is 0 Å². The van der Waals surface area contributed by atoms with Crippen LogP contribution in [0.3, 0.4) is 0 Å². The first-order valence-electron chi connectivity index (χ1n) is 6.27. The first-order chi connectivity index (χ1) is 9.06. The zero-order valence-electron chi connectivity index (χ0n) is 11.5. The van der Waals surface area contributed by atoms with Gasteiger partial charge >= 0.3 is 0 Å². The lowest BCUT2D eigenvalue weighted by Crippen LogP contribution is -2.28. The minimum atomic E-state index is 0.0787. The maximum absolute atomic E-state index is 12.1. The van der Waals surface area contributed by atoms with Gasteiger partial charge in [0.15, 0.2) is 0 Å². The first kappa shape index (κ1) is 13.3. The Kier molecular flexibility index (Phi) is 4.00. The van der Waals surface area contributed by atoms with Crippen molar-refractivity contribution in [3.63, 3.8) is 0 Å². The summed E-state index contributed by atoms with van der Waals surface area (Å²) >= 11 is 0. The predicted octanol–water partition coefficient (Wildman–Crippen LogP) is 2.49. The molecule has 0 bridgehead atoms. The quantitative estimate of drug-likeness (QED) is 0.846. The van der Waals surface area contributed by atoms with Crippen molar-refractivity contribution in [2.75, 3.05) is 7.05 Å². The van der Waals surface area contributed by atoms with Crippen LogP contribution in [-0.2, 0) is 17.8 Å². The fourth-order valence-corrected chi connectivity index (χ4v) is 1.93. The lowest BCUT2D eigenvalue weighted by atomic mass is 10.1. The summed E-state index contributed by atoms with van der Waals surface area (Å²) in [5.74, 6) is 0.838. The van der Waals surface area contributed by atoms with Crippen molar-refractivity contribution >= 4 is 5.91 Å². The molecule has 0 radical (unpaired) electrons. The summed E-state index contributed by atoms with van der Waals surface area (Å²) in [5.41, 5.74) is 2.98. The standard InChI is InChI=1S/C15H18N2O2/c1-11-6-4-5-7-13(11)9-15(18)17(3)10-14-8-12(2)19-16-14/h4-8H,9-10H2,1-3H3. The van der Waals surface area contributed by atoms with Gasteiger partial charge in [0, 0.05) is 13.1 Å². The molecule has 0 saturated heterocycles. The second-order valence-corrected chi connectivity index (χ2v) is 4.78. The van der Waals surface area contributed by atoms with Crippen molar-refractivity contribution in [2.24, 2.45) is 0 Å². The van der Waals surface area contributed by atoms with E-state index in [2.05, 4.69) is 5.16 Å². The smallest absolute Gasteiger partial charge is 0.227 e. The van der Waals surface area contributed by atoms with Crippen molar-refractivity contribution in [2.45, 2.75) is 26.8 Å². The molecule has 4 heteroatoms. The Morgan fingerprint density at radius 3 is 2.68 bits per heavy atom. The number of benzene rings is 1. The predicted molar refractivity (Wildman–Crippen MR) is 72.6 cm³/mol. The Balaban J connectivity index is 1.98. The molecular weight excluding hydrogens is 240 g/mol. The maximum atomic E-state index is 12.1. The molecule has 0 unspecified atom stereocenters. The summed E-state index contributed by atoms with van der Waals surface area (Å²) in [7, 11) is 1.78. The summed E-state index contributed by atoms with van der Waals surface area (Å²) in [5, 5.41) is 3.89. The first-order valence-corrected chi connectivity index (χ1v) is 6.27. The van der Waals surface area contributed by atoms with Gasteiger partial charge in [-0.05, 0) is 25.0 Å². The van der Waals surface area contributed by atoms with E-state index in [1.165, 1.54) is 0 Å². The number of nitrogens with zero attached hydrogens (tertiary/aromatic N) is 2. The van der Waals surface area contributed by atoms with Gasteiger partial charge in [-0.1, -0.05) is 29.4 Å². The molecule has 0 fully saturated rings. The van der Waals surface area contributed by atoms with Gasteiger partial charge in [-0.15, -0.1) is 0 Å². The maximum Gasteiger partial charge on any atom is 0.227 e. The number of amides is 1. The molecule has 1 aromatic carbocycles. The Labute approximate surface area is 113 Å². The van der Waals surface area contributed by atoms with Gasteiger partial charge in [0.05, 0.1) is 13.0 Å². The van der Waals surface area contributed by atoms with E-state index in [4.69, 9.17) is 4.52 Å². The number of aromatic nitrogens is 1. The zero-order valence-corrected chi connectivity index (χ0v) is 11.5. The largest absolute Gasteiger partial charge is 0.361 e. The fraction of sp³-hybridized carbons (Fsp3) is 0.333. The highest BCUT2D eigenvalue weighted by atomic mass is 16.5. The monoisotopic (exact) mass is 258 g/mol. The van der Waals surface area contributed by atoms with E-state index < -0.39 is 0 Å². The second kappa shape index (κ2) is 5.69. The average molecular weight is 258 g/mol. The molecule has 0 spiro atoms. The zero-order chi connectivity index (χ0) is 13.8. The lowest BCUT2D eigenvalue weighted by molar-refractivity contribution is -0.129. The van der Waals surface area contributed by atoms with Crippen LogP contribution in [0.15, 0.2) is 34.9 Å². The number of aryl methyl sites for hydroxylation is 2. The molecule has 0 aliphatic heterocycles. The summed E-state index contributed by atoms with van der Waals surface area (Å²) in [6.07, 6.45) is 0.417. The van der Waals surface area contributed by atoms with Crippen LogP contribution in [0.4, 0.5) is 0 Å². The minimum Gasteiger partial charge on any atom is -0.361 e. The van der Waals surface area contributed by atoms with Gasteiger partial charge in [0.2, 0.25) is 5.91 Å².